The Kier molecular flexibility index (Phi) is 4.10. The van der Waals surface area contributed by atoms with Crippen molar-refractivity contribution in [3.05, 3.63) is 35.4 Å². The van der Waals surface area contributed by atoms with Crippen LogP contribution in [0.4, 0.5) is 0 Å². The van der Waals surface area contributed by atoms with Crippen molar-refractivity contribution in [3.8, 4) is 0 Å². The zero-order chi connectivity index (χ0) is 15.0. The molecule has 3 unspecified atom stereocenters. The van der Waals surface area contributed by atoms with Crippen LogP contribution in [0.5, 0.6) is 0 Å². The van der Waals surface area contributed by atoms with Gasteiger partial charge in [-0.2, -0.15) is 0 Å². The summed E-state index contributed by atoms with van der Waals surface area (Å²) in [7, 11) is -3.00. The third kappa shape index (κ3) is 3.49. The van der Waals surface area contributed by atoms with Crippen LogP contribution >= 0.6 is 0 Å². The maximum absolute atomic E-state index is 11.7. The van der Waals surface area contributed by atoms with Gasteiger partial charge in [0.15, 0.2) is 0 Å². The lowest BCUT2D eigenvalue weighted by Crippen LogP contribution is -2.30. The van der Waals surface area contributed by atoms with Crippen molar-refractivity contribution in [2.75, 3.05) is 6.26 Å². The highest BCUT2D eigenvalue weighted by atomic mass is 32.2. The molecule has 0 spiro atoms. The lowest BCUT2D eigenvalue weighted by atomic mass is 9.82. The molecule has 0 heterocycles. The maximum Gasteiger partial charge on any atom is 0.150 e. The summed E-state index contributed by atoms with van der Waals surface area (Å²) in [6.45, 7) is 0. The second-order valence-corrected chi connectivity index (χ2v) is 9.09. The average Bonchev–Trinajstić information content (AvgIpc) is 3.31. The number of rotatable bonds is 4. The first-order valence-electron chi connectivity index (χ1n) is 7.92. The molecule has 0 saturated heterocycles. The quantitative estimate of drug-likeness (QED) is 0.929. The Hall–Kier alpha value is -0.870. The molecule has 2 saturated carbocycles. The monoisotopic (exact) mass is 308 g/mol. The van der Waals surface area contributed by atoms with E-state index in [4.69, 9.17) is 0 Å². The fraction of sp³-hybridized carbons (Fsp3) is 0.647. The van der Waals surface area contributed by atoms with Gasteiger partial charge in [-0.25, -0.2) is 8.42 Å². The van der Waals surface area contributed by atoms with Gasteiger partial charge in [0.2, 0.25) is 0 Å². The summed E-state index contributed by atoms with van der Waals surface area (Å²) >= 11 is 0. The molecule has 0 bridgehead atoms. The zero-order valence-corrected chi connectivity index (χ0v) is 13.3. The third-order valence-electron chi connectivity index (χ3n) is 5.05. The van der Waals surface area contributed by atoms with Gasteiger partial charge in [0, 0.05) is 6.26 Å². The van der Waals surface area contributed by atoms with Crippen LogP contribution in [0, 0.1) is 5.92 Å². The van der Waals surface area contributed by atoms with Crippen molar-refractivity contribution in [2.45, 2.75) is 55.8 Å². The number of hydrogen-bond acceptors (Lipinski definition) is 3. The van der Waals surface area contributed by atoms with Gasteiger partial charge >= 0.3 is 0 Å². The van der Waals surface area contributed by atoms with Crippen LogP contribution in [-0.2, 0) is 9.84 Å². The Balaban J connectivity index is 1.70. The lowest BCUT2D eigenvalue weighted by molar-refractivity contribution is 0.0857. The molecule has 21 heavy (non-hydrogen) atoms. The Bertz CT molecular complexity index is 587. The molecular weight excluding hydrogens is 284 g/mol. The Morgan fingerprint density at radius 2 is 1.76 bits per heavy atom. The fourth-order valence-electron chi connectivity index (χ4n) is 3.51. The minimum atomic E-state index is -3.00. The molecule has 1 aromatic carbocycles. The van der Waals surface area contributed by atoms with E-state index >= 15 is 0 Å². The van der Waals surface area contributed by atoms with Gasteiger partial charge in [0.25, 0.3) is 0 Å². The van der Waals surface area contributed by atoms with Gasteiger partial charge in [-0.3, -0.25) is 0 Å². The van der Waals surface area contributed by atoms with Crippen molar-refractivity contribution in [1.82, 2.24) is 0 Å². The minimum Gasteiger partial charge on any atom is -0.388 e. The zero-order valence-electron chi connectivity index (χ0n) is 12.5. The second kappa shape index (κ2) is 5.73. The van der Waals surface area contributed by atoms with E-state index in [1.54, 1.807) is 0 Å². The summed E-state index contributed by atoms with van der Waals surface area (Å²) in [6.07, 6.45) is 6.46. The largest absolute Gasteiger partial charge is 0.388 e. The Morgan fingerprint density at radius 3 is 2.33 bits per heavy atom. The number of benzene rings is 1. The molecule has 3 rings (SSSR count). The number of sulfone groups is 1. The third-order valence-corrected chi connectivity index (χ3v) is 6.68. The smallest absolute Gasteiger partial charge is 0.150 e. The van der Waals surface area contributed by atoms with Crippen LogP contribution in [0.15, 0.2) is 24.3 Å². The molecular formula is C17H24O3S. The van der Waals surface area contributed by atoms with Crippen molar-refractivity contribution in [2.24, 2.45) is 5.92 Å². The molecule has 1 N–H and O–H groups in total. The van der Waals surface area contributed by atoms with Crippen LogP contribution in [0.3, 0.4) is 0 Å². The SMILES string of the molecule is CS(=O)(=O)C1CCCC(C(O)c2ccc(C3CC3)cc2)C1. The predicted molar refractivity (Wildman–Crippen MR) is 84.0 cm³/mol. The molecule has 2 aliphatic rings. The molecule has 3 atom stereocenters. The first kappa shape index (κ1) is 15.0. The van der Waals surface area contributed by atoms with Crippen LogP contribution in [0.2, 0.25) is 0 Å². The average molecular weight is 308 g/mol. The van der Waals surface area contributed by atoms with E-state index < -0.39 is 15.9 Å². The molecule has 0 amide bonds. The summed E-state index contributed by atoms with van der Waals surface area (Å²) in [5.41, 5.74) is 2.29. The molecule has 116 valence electrons. The predicted octanol–water partition coefficient (Wildman–Crippen LogP) is 3.20. The summed E-state index contributed by atoms with van der Waals surface area (Å²) in [5, 5.41) is 10.3. The molecule has 0 aromatic heterocycles. The van der Waals surface area contributed by atoms with E-state index in [2.05, 4.69) is 12.1 Å². The summed E-state index contributed by atoms with van der Waals surface area (Å²) in [5.74, 6) is 0.783. The molecule has 2 aliphatic carbocycles. The summed E-state index contributed by atoms with van der Waals surface area (Å²) in [6, 6.07) is 8.27. The van der Waals surface area contributed by atoms with Crippen LogP contribution in [0.1, 0.15) is 61.7 Å². The molecule has 0 radical (unpaired) electrons. The van der Waals surface area contributed by atoms with Crippen molar-refractivity contribution >= 4 is 9.84 Å². The molecule has 1 aromatic rings. The van der Waals surface area contributed by atoms with Crippen molar-refractivity contribution in [1.29, 1.82) is 0 Å². The van der Waals surface area contributed by atoms with Gasteiger partial charge in [-0.05, 0) is 55.1 Å². The Morgan fingerprint density at radius 1 is 1.10 bits per heavy atom. The van der Waals surface area contributed by atoms with Gasteiger partial charge < -0.3 is 5.11 Å². The summed E-state index contributed by atoms with van der Waals surface area (Å²) in [4.78, 5) is 0. The fourth-order valence-corrected chi connectivity index (χ4v) is 4.70. The van der Waals surface area contributed by atoms with Crippen molar-refractivity contribution in [3.63, 3.8) is 0 Å². The first-order valence-corrected chi connectivity index (χ1v) is 9.87. The summed E-state index contributed by atoms with van der Waals surface area (Å²) < 4.78 is 23.5. The van der Waals surface area contributed by atoms with Gasteiger partial charge in [0.1, 0.15) is 9.84 Å². The van der Waals surface area contributed by atoms with E-state index in [1.165, 1.54) is 24.7 Å². The number of aliphatic hydroxyl groups is 1. The second-order valence-electron chi connectivity index (χ2n) is 6.76. The lowest BCUT2D eigenvalue weighted by Gasteiger charge is -2.31. The highest BCUT2D eigenvalue weighted by Crippen LogP contribution is 2.41. The van der Waals surface area contributed by atoms with Crippen LogP contribution in [0.25, 0.3) is 0 Å². The minimum absolute atomic E-state index is 0.0604. The van der Waals surface area contributed by atoms with E-state index in [0.717, 1.165) is 30.7 Å². The van der Waals surface area contributed by atoms with Crippen LogP contribution in [-0.4, -0.2) is 25.0 Å². The molecule has 0 aliphatic heterocycles. The van der Waals surface area contributed by atoms with E-state index in [0.29, 0.717) is 6.42 Å². The topological polar surface area (TPSA) is 54.4 Å². The molecule has 4 heteroatoms. The van der Waals surface area contributed by atoms with E-state index in [-0.39, 0.29) is 11.2 Å². The van der Waals surface area contributed by atoms with Crippen molar-refractivity contribution < 1.29 is 13.5 Å². The normalized spacial score (nSPS) is 28.3. The maximum atomic E-state index is 11.7. The first-order chi connectivity index (χ1) is 9.95. The van der Waals surface area contributed by atoms with Crippen LogP contribution < -0.4 is 0 Å². The Labute approximate surface area is 127 Å². The standard InChI is InChI=1S/C17H24O3S/c1-21(19,20)16-4-2-3-15(11-16)17(18)14-9-7-13(8-10-14)12-5-6-12/h7-10,12,15-18H,2-6,11H2,1H3. The molecule has 3 nitrogen and oxygen atoms in total. The van der Waals surface area contributed by atoms with Gasteiger partial charge in [0.05, 0.1) is 11.4 Å². The van der Waals surface area contributed by atoms with E-state index in [1.807, 2.05) is 12.1 Å². The highest BCUT2D eigenvalue weighted by molar-refractivity contribution is 7.91. The highest BCUT2D eigenvalue weighted by Gasteiger charge is 2.33. The molecule has 2 fully saturated rings. The number of aliphatic hydroxyl groups excluding tert-OH is 1. The van der Waals surface area contributed by atoms with E-state index in [9.17, 15) is 13.5 Å². The number of hydrogen-bond donors (Lipinski definition) is 1. The van der Waals surface area contributed by atoms with Gasteiger partial charge in [-0.1, -0.05) is 30.7 Å². The van der Waals surface area contributed by atoms with Gasteiger partial charge in [-0.15, -0.1) is 0 Å².